The number of aliphatic hydroxyl groups is 1. The molecule has 0 saturated carbocycles. The van der Waals surface area contributed by atoms with E-state index >= 15 is 0 Å². The van der Waals surface area contributed by atoms with E-state index in [0.29, 0.717) is 14.9 Å². The van der Waals surface area contributed by atoms with Gasteiger partial charge in [-0.1, -0.05) is 23.7 Å². The number of benzene rings is 2. The molecule has 168 valence electrons. The summed E-state index contributed by atoms with van der Waals surface area (Å²) in [6.45, 7) is 1.43. The number of fused-ring (bicyclic) bond motifs is 2. The zero-order valence-electron chi connectivity index (χ0n) is 17.7. The van der Waals surface area contributed by atoms with Gasteiger partial charge in [-0.3, -0.25) is 0 Å². The van der Waals surface area contributed by atoms with Crippen LogP contribution in [0.4, 0.5) is 0 Å². The average Bonchev–Trinajstić information content (AvgIpc) is 3.53. The molecule has 0 unspecified atom stereocenters. The fourth-order valence-electron chi connectivity index (χ4n) is 3.40. The molecule has 7 nitrogen and oxygen atoms in total. The van der Waals surface area contributed by atoms with Crippen LogP contribution in [0, 0.1) is 18.3 Å². The fraction of sp³-hybridized carbons (Fsp3) is 0.0833. The van der Waals surface area contributed by atoms with Crippen LogP contribution in [-0.4, -0.2) is 32.4 Å². The molecule has 0 aliphatic heterocycles. The Morgan fingerprint density at radius 2 is 1.97 bits per heavy atom. The molecule has 34 heavy (non-hydrogen) atoms. The number of carbonyl (C=O) groups excluding carboxylic acids is 1. The van der Waals surface area contributed by atoms with E-state index in [-0.39, 0.29) is 11.3 Å². The predicted octanol–water partition coefficient (Wildman–Crippen LogP) is 6.31. The second-order valence-corrected chi connectivity index (χ2v) is 9.80. The van der Waals surface area contributed by atoms with Crippen molar-refractivity contribution in [2.24, 2.45) is 0 Å². The summed E-state index contributed by atoms with van der Waals surface area (Å²) in [5, 5.41) is 26.4. The highest BCUT2D eigenvalue weighted by Crippen LogP contribution is 2.32. The molecule has 0 saturated heterocycles. The molecule has 5 rings (SSSR count). The Bertz CT molecular complexity index is 1590. The molecule has 0 amide bonds. The summed E-state index contributed by atoms with van der Waals surface area (Å²) in [4.78, 5) is 18.3. The van der Waals surface area contributed by atoms with Gasteiger partial charge in [0.1, 0.15) is 33.0 Å². The normalized spacial score (nSPS) is 12.0. The number of allylic oxidation sites excluding steroid dienone is 1. The molecular weight excluding hydrogens is 492 g/mol. The molecular formula is C24H15ClN4O3S2. The lowest BCUT2D eigenvalue weighted by Crippen LogP contribution is -2.07. The van der Waals surface area contributed by atoms with Crippen molar-refractivity contribution in [3.63, 3.8) is 0 Å². The van der Waals surface area contributed by atoms with Crippen molar-refractivity contribution in [2.75, 3.05) is 6.61 Å². The Hall–Kier alpha value is -3.71. The molecule has 0 spiro atoms. The first kappa shape index (κ1) is 22.1. The summed E-state index contributed by atoms with van der Waals surface area (Å²) in [7, 11) is 0. The van der Waals surface area contributed by atoms with E-state index in [1.807, 2.05) is 49.4 Å². The van der Waals surface area contributed by atoms with E-state index in [2.05, 4.69) is 10.1 Å². The number of halogens is 1. The van der Waals surface area contributed by atoms with Crippen LogP contribution in [-0.2, 0) is 4.74 Å². The van der Waals surface area contributed by atoms with E-state index in [4.69, 9.17) is 16.3 Å². The lowest BCUT2D eigenvalue weighted by molar-refractivity contribution is 0.0508. The number of hydrogen-bond acceptors (Lipinski definition) is 8. The van der Waals surface area contributed by atoms with Crippen molar-refractivity contribution >= 4 is 66.3 Å². The topological polar surface area (TPSA) is 101 Å². The number of hydrogen-bond donors (Lipinski definition) is 1. The first-order valence-corrected chi connectivity index (χ1v) is 12.1. The Balaban J connectivity index is 1.38. The number of esters is 1. The number of aromatic nitrogens is 3. The first-order valence-electron chi connectivity index (χ1n) is 10.0. The Morgan fingerprint density at radius 3 is 2.71 bits per heavy atom. The van der Waals surface area contributed by atoms with Crippen LogP contribution in [0.1, 0.15) is 20.4 Å². The minimum atomic E-state index is -0.601. The molecule has 10 heteroatoms. The zero-order valence-corrected chi connectivity index (χ0v) is 20.0. The maximum atomic E-state index is 12.7. The van der Waals surface area contributed by atoms with E-state index in [1.54, 1.807) is 22.9 Å². The molecule has 3 aromatic heterocycles. The minimum Gasteiger partial charge on any atom is -0.507 e. The molecule has 0 aliphatic rings. The Kier molecular flexibility index (Phi) is 5.79. The van der Waals surface area contributed by atoms with Crippen LogP contribution < -0.4 is 0 Å². The number of nitriles is 1. The summed E-state index contributed by atoms with van der Waals surface area (Å²) in [5.74, 6) is -0.948. The quantitative estimate of drug-likeness (QED) is 0.170. The smallest absolute Gasteiger partial charge is 0.348 e. The summed E-state index contributed by atoms with van der Waals surface area (Å²) < 4.78 is 7.96. The SMILES string of the molecule is Cc1nn(-c2ccc(Cl)cc2)c2sc(C(=O)OCC(O)=C(C#N)c3nc4ccccc4s3)cc12. The molecule has 1 N–H and O–H groups in total. The van der Waals surface area contributed by atoms with Crippen molar-refractivity contribution in [1.29, 1.82) is 5.26 Å². The number of aliphatic hydroxyl groups excluding tert-OH is 1. The molecule has 0 aliphatic carbocycles. The highest BCUT2D eigenvalue weighted by molar-refractivity contribution is 7.20. The van der Waals surface area contributed by atoms with Crippen LogP contribution in [0.2, 0.25) is 5.02 Å². The third-order valence-corrected chi connectivity index (χ3v) is 7.46. The van der Waals surface area contributed by atoms with Crippen molar-refractivity contribution in [3.05, 3.63) is 81.0 Å². The molecule has 0 radical (unpaired) electrons. The van der Waals surface area contributed by atoms with Crippen molar-refractivity contribution in [3.8, 4) is 11.8 Å². The summed E-state index contributed by atoms with van der Waals surface area (Å²) in [6, 6.07) is 18.4. The zero-order chi connectivity index (χ0) is 23.8. The maximum absolute atomic E-state index is 12.7. The number of rotatable bonds is 5. The van der Waals surface area contributed by atoms with Crippen LogP contribution in [0.3, 0.4) is 0 Å². The number of carbonyl (C=O) groups is 1. The van der Waals surface area contributed by atoms with Crippen LogP contribution in [0.5, 0.6) is 0 Å². The van der Waals surface area contributed by atoms with Gasteiger partial charge in [0.15, 0.2) is 5.76 Å². The first-order chi connectivity index (χ1) is 16.4. The fourth-order valence-corrected chi connectivity index (χ4v) is 5.58. The number of aryl methyl sites for hydroxylation is 1. The number of thiophene rings is 1. The van der Waals surface area contributed by atoms with Crippen LogP contribution in [0.25, 0.3) is 31.7 Å². The summed E-state index contributed by atoms with van der Waals surface area (Å²) >= 11 is 8.51. The molecule has 0 fully saturated rings. The second-order valence-electron chi connectivity index (χ2n) is 7.30. The third-order valence-electron chi connectivity index (χ3n) is 5.07. The van der Waals surface area contributed by atoms with Gasteiger partial charge < -0.3 is 9.84 Å². The molecule has 2 aromatic carbocycles. The van der Waals surface area contributed by atoms with E-state index in [0.717, 1.165) is 31.8 Å². The van der Waals surface area contributed by atoms with E-state index in [9.17, 15) is 15.2 Å². The number of para-hydroxylation sites is 1. The van der Waals surface area contributed by atoms with Gasteiger partial charge in [0.2, 0.25) is 0 Å². The number of thiazole rings is 1. The maximum Gasteiger partial charge on any atom is 0.348 e. The summed E-state index contributed by atoms with van der Waals surface area (Å²) in [6.07, 6.45) is 0. The number of nitrogens with zero attached hydrogens (tertiary/aromatic N) is 4. The second kappa shape index (κ2) is 8.91. The van der Waals surface area contributed by atoms with Gasteiger partial charge in [0.05, 0.1) is 21.6 Å². The lowest BCUT2D eigenvalue weighted by Gasteiger charge is -2.04. The Morgan fingerprint density at radius 1 is 1.21 bits per heavy atom. The Labute approximate surface area is 206 Å². The van der Waals surface area contributed by atoms with Gasteiger partial charge in [-0.05, 0) is 49.4 Å². The average molecular weight is 507 g/mol. The number of ether oxygens (including phenoxy) is 1. The van der Waals surface area contributed by atoms with Crippen LogP contribution >= 0.6 is 34.3 Å². The van der Waals surface area contributed by atoms with E-state index in [1.165, 1.54) is 22.7 Å². The standard InChI is InChI=1S/C24H15ClN4O3S2/c1-13-16-10-21(34-23(16)29(28-13)15-8-6-14(25)7-9-15)24(31)32-12-19(30)17(11-26)22-27-18-4-2-3-5-20(18)33-22/h2-10,30H,12H2,1H3. The molecule has 0 bridgehead atoms. The van der Waals surface area contributed by atoms with E-state index < -0.39 is 12.6 Å². The van der Waals surface area contributed by atoms with Crippen molar-refractivity contribution in [2.45, 2.75) is 6.92 Å². The van der Waals surface area contributed by atoms with Gasteiger partial charge in [0, 0.05) is 10.4 Å². The highest BCUT2D eigenvalue weighted by atomic mass is 35.5. The van der Waals surface area contributed by atoms with Crippen molar-refractivity contribution in [1.82, 2.24) is 14.8 Å². The summed E-state index contributed by atoms with van der Waals surface area (Å²) in [5.41, 5.74) is 2.31. The molecule has 5 aromatic rings. The predicted molar refractivity (Wildman–Crippen MR) is 134 cm³/mol. The lowest BCUT2D eigenvalue weighted by atomic mass is 10.2. The van der Waals surface area contributed by atoms with Gasteiger partial charge in [-0.2, -0.15) is 10.4 Å². The van der Waals surface area contributed by atoms with Crippen LogP contribution in [0.15, 0.2) is 60.4 Å². The molecule has 3 heterocycles. The van der Waals surface area contributed by atoms with Gasteiger partial charge in [-0.15, -0.1) is 22.7 Å². The van der Waals surface area contributed by atoms with Gasteiger partial charge in [-0.25, -0.2) is 14.5 Å². The highest BCUT2D eigenvalue weighted by Gasteiger charge is 2.20. The van der Waals surface area contributed by atoms with Gasteiger partial charge >= 0.3 is 5.97 Å². The largest absolute Gasteiger partial charge is 0.507 e. The monoisotopic (exact) mass is 506 g/mol. The minimum absolute atomic E-state index is 0.0143. The third kappa shape index (κ3) is 4.03. The molecule has 0 atom stereocenters. The van der Waals surface area contributed by atoms with Gasteiger partial charge in [0.25, 0.3) is 0 Å². The van der Waals surface area contributed by atoms with Crippen molar-refractivity contribution < 1.29 is 14.6 Å².